The second kappa shape index (κ2) is 9.84. The van der Waals surface area contributed by atoms with E-state index in [0.29, 0.717) is 0 Å². The fourth-order valence-corrected chi connectivity index (χ4v) is 0. The summed E-state index contributed by atoms with van der Waals surface area (Å²) < 4.78 is 0. The van der Waals surface area contributed by atoms with Crippen molar-refractivity contribution in [3.05, 3.63) is 0 Å². The summed E-state index contributed by atoms with van der Waals surface area (Å²) in [6.45, 7) is 1.60. The van der Waals surface area contributed by atoms with Gasteiger partial charge in [-0.15, -0.1) is 0 Å². The van der Waals surface area contributed by atoms with Gasteiger partial charge in [-0.2, -0.15) is 0 Å². The van der Waals surface area contributed by atoms with Crippen LogP contribution in [-0.4, -0.2) is 22.0 Å². The molecular weight excluding hydrogens is 119 g/mol. The van der Waals surface area contributed by atoms with E-state index in [4.69, 9.17) is 5.11 Å². The molecule has 0 amide bonds. The van der Waals surface area contributed by atoms with E-state index in [1.165, 1.54) is 0 Å². The molecule has 0 aromatic heterocycles. The topological polar surface area (TPSA) is 37.3 Å². The predicted octanol–water partition coefficient (Wildman–Crippen LogP) is -3.70. The van der Waals surface area contributed by atoms with E-state index in [1.54, 1.807) is 6.92 Å². The number of carboxylic acid groups (broad SMARTS) is 1. The predicted molar refractivity (Wildman–Crippen MR) is 27.9 cm³/mol. The molecule has 0 atom stereocenters. The van der Waals surface area contributed by atoms with Crippen molar-refractivity contribution in [1.82, 2.24) is 0 Å². The molecule has 0 aliphatic rings. The Morgan fingerprint density at radius 1 is 1.71 bits per heavy atom. The third-order valence-corrected chi connectivity index (χ3v) is 0.302. The van der Waals surface area contributed by atoms with Crippen LogP contribution in [0, 0.1) is 0 Å². The summed E-state index contributed by atoms with van der Waals surface area (Å²) in [6.07, 6.45) is 0.222. The molecule has 0 radical (unpaired) electrons. The van der Waals surface area contributed by atoms with Crippen molar-refractivity contribution >= 4 is 16.9 Å². The monoisotopic (exact) mass is 128 g/mol. The zero-order chi connectivity index (χ0) is 4.28. The quantitative estimate of drug-likeness (QED) is 0.369. The summed E-state index contributed by atoms with van der Waals surface area (Å²) >= 11 is 0. The Kier molecular flexibility index (Phi) is 22.0. The third-order valence-electron chi connectivity index (χ3n) is 0.302. The Balaban J connectivity index is -0.0000000800. The van der Waals surface area contributed by atoms with Crippen molar-refractivity contribution in [3.63, 3.8) is 0 Å². The molecule has 0 fully saturated rings. The van der Waals surface area contributed by atoms with Gasteiger partial charge in [0.25, 0.3) is 0 Å². The van der Waals surface area contributed by atoms with Crippen molar-refractivity contribution in [2.24, 2.45) is 0 Å². The van der Waals surface area contributed by atoms with Crippen molar-refractivity contribution in [2.75, 3.05) is 0 Å². The van der Waals surface area contributed by atoms with E-state index in [1.807, 2.05) is 0 Å². The number of rotatable bonds is 1. The second-order valence-corrected chi connectivity index (χ2v) is 0.747. The smallest absolute Gasteiger partial charge is 0.481 e. The second-order valence-electron chi connectivity index (χ2n) is 0.747. The van der Waals surface area contributed by atoms with Crippen LogP contribution in [0.4, 0.5) is 0 Å². The molecule has 2 nitrogen and oxygen atoms in total. The fraction of sp³-hybridized carbons (Fsp3) is 0.667. The molecule has 0 aliphatic heterocycles. The fourth-order valence-electron chi connectivity index (χ4n) is 0. The van der Waals surface area contributed by atoms with E-state index in [-0.39, 0.29) is 46.9 Å². The molecule has 0 aliphatic carbocycles. The first-order valence-corrected chi connectivity index (χ1v) is 1.49. The molecule has 1 N–H and O–H groups in total. The molecule has 4 heteroatoms. The van der Waals surface area contributed by atoms with Gasteiger partial charge in [0.05, 0.1) is 0 Å². The van der Waals surface area contributed by atoms with Crippen LogP contribution in [-0.2, 0) is 4.79 Å². The maximum absolute atomic E-state index is 9.37. The van der Waals surface area contributed by atoms with E-state index < -0.39 is 5.97 Å². The first-order valence-electron chi connectivity index (χ1n) is 1.49. The van der Waals surface area contributed by atoms with Crippen LogP contribution in [0.3, 0.4) is 0 Å². The molecule has 0 saturated heterocycles. The molecule has 0 spiro atoms. The number of carboxylic acids is 1. The summed E-state index contributed by atoms with van der Waals surface area (Å²) in [5.74, 6) is -0.745. The van der Waals surface area contributed by atoms with E-state index >= 15 is 0 Å². The molecule has 0 aromatic carbocycles. The van der Waals surface area contributed by atoms with Gasteiger partial charge < -0.3 is 16.1 Å². The number of hydrogen-bond acceptors (Lipinski definition) is 1. The van der Waals surface area contributed by atoms with Crippen LogP contribution in [0.25, 0.3) is 0 Å². The Morgan fingerprint density at radius 3 is 1.86 bits per heavy atom. The Hall–Kier alpha value is 0.687. The summed E-state index contributed by atoms with van der Waals surface area (Å²) in [6, 6.07) is 0. The van der Waals surface area contributed by atoms with Crippen LogP contribution in [0.2, 0.25) is 0 Å². The molecule has 0 unspecified atom stereocenters. The maximum atomic E-state index is 9.37. The number of aliphatic carboxylic acids is 1. The first-order chi connectivity index (χ1) is 2.27. The van der Waals surface area contributed by atoms with Gasteiger partial charge in [-0.1, -0.05) is 6.92 Å². The van der Waals surface area contributed by atoms with Crippen LogP contribution < -0.4 is 29.6 Å². The van der Waals surface area contributed by atoms with Gasteiger partial charge in [0.1, 0.15) is 0 Å². The van der Waals surface area contributed by atoms with Gasteiger partial charge in [-0.25, -0.2) is 0 Å². The molecule has 7 heavy (non-hydrogen) atoms. The summed E-state index contributed by atoms with van der Waals surface area (Å²) in [5.41, 5.74) is 0. The van der Waals surface area contributed by atoms with E-state index in [2.05, 4.69) is 0 Å². The van der Waals surface area contributed by atoms with Gasteiger partial charge in [-0.05, 0) is 0 Å². The normalized spacial score (nSPS) is 5.29. The van der Waals surface area contributed by atoms with Crippen LogP contribution in [0.1, 0.15) is 13.3 Å². The standard InChI is InChI=1S/C3H6O2.Na.H3Si/c1-2-3(4)5;;/h2H2,1H3,(H,4,5);;1H3/q;+1;-1. The Labute approximate surface area is 69.6 Å². The largest absolute Gasteiger partial charge is 1.00 e. The average molecular weight is 128 g/mol. The molecule has 0 saturated carbocycles. The van der Waals surface area contributed by atoms with Crippen LogP contribution in [0.15, 0.2) is 0 Å². The van der Waals surface area contributed by atoms with Crippen molar-refractivity contribution < 1.29 is 39.5 Å². The Morgan fingerprint density at radius 2 is 1.86 bits per heavy atom. The summed E-state index contributed by atoms with van der Waals surface area (Å²) in [4.78, 5) is 9.37. The molecule has 0 bridgehead atoms. The SMILES string of the molecule is CCC(=O)O.[Na+].[SiH3-]. The average Bonchev–Trinajstić information content (AvgIpc) is 1.38. The van der Waals surface area contributed by atoms with Crippen LogP contribution in [0.5, 0.6) is 0 Å². The molecule has 0 heterocycles. The van der Waals surface area contributed by atoms with Gasteiger partial charge in [0, 0.05) is 6.42 Å². The minimum atomic E-state index is -0.745. The third kappa shape index (κ3) is 20.3. The summed E-state index contributed by atoms with van der Waals surface area (Å²) in [7, 11) is 0. The van der Waals surface area contributed by atoms with Gasteiger partial charge in [0.2, 0.25) is 0 Å². The molecule has 38 valence electrons. The van der Waals surface area contributed by atoms with Crippen molar-refractivity contribution in [3.8, 4) is 0 Å². The van der Waals surface area contributed by atoms with E-state index in [0.717, 1.165) is 0 Å². The van der Waals surface area contributed by atoms with Crippen molar-refractivity contribution in [1.29, 1.82) is 0 Å². The minimum absolute atomic E-state index is 0. The maximum Gasteiger partial charge on any atom is 1.00 e. The zero-order valence-corrected chi connectivity index (χ0v) is 9.06. The Bertz CT molecular complexity index is 48.2. The number of hydrogen-bond donors (Lipinski definition) is 1. The zero-order valence-electron chi connectivity index (χ0n) is 5.06. The number of carbonyl (C=O) groups is 1. The van der Waals surface area contributed by atoms with Gasteiger partial charge in [0.15, 0.2) is 0 Å². The summed E-state index contributed by atoms with van der Waals surface area (Å²) in [5, 5.41) is 7.72. The van der Waals surface area contributed by atoms with Crippen LogP contribution >= 0.6 is 0 Å². The van der Waals surface area contributed by atoms with E-state index in [9.17, 15) is 4.79 Å². The minimum Gasteiger partial charge on any atom is -0.481 e. The molecular formula is C3H9NaO2Si. The van der Waals surface area contributed by atoms with Gasteiger partial charge in [-0.3, -0.25) is 4.79 Å². The van der Waals surface area contributed by atoms with Crippen molar-refractivity contribution in [2.45, 2.75) is 13.3 Å². The van der Waals surface area contributed by atoms with Gasteiger partial charge >= 0.3 is 35.5 Å². The first kappa shape index (κ1) is 15.6. The molecule has 0 aromatic rings. The molecule has 0 rings (SSSR count).